The van der Waals surface area contributed by atoms with E-state index in [9.17, 15) is 39.0 Å². The number of ether oxygens (including phenoxy) is 2. The fourth-order valence-corrected chi connectivity index (χ4v) is 7.91. The molecule has 0 aliphatic carbocycles. The lowest BCUT2D eigenvalue weighted by Gasteiger charge is -2.39. The predicted molar refractivity (Wildman–Crippen MR) is 224 cm³/mol. The highest BCUT2D eigenvalue weighted by Gasteiger charge is 2.39. The highest BCUT2D eigenvalue weighted by atomic mass is 35.5. The molecule has 15 nitrogen and oxygen atoms in total. The van der Waals surface area contributed by atoms with Crippen molar-refractivity contribution in [2.24, 2.45) is 17.8 Å². The SMILES string of the molecule is CCC(C)C(NC(=O)[C@H]1CCCCN1C)C(=O)N(COC(=O)/C=C/CCl)[C@H](C[C@@H](OC(C)=O)c1nc(C(=O)N[C@@H](Cc2ccc(O)cc2)C[C@H](C)C(=O)O)cs1)C(C)C. The number of aromatic hydroxyl groups is 1. The molecule has 17 heteroatoms. The minimum absolute atomic E-state index is 0.00122. The third-order valence-corrected chi connectivity index (χ3v) is 11.7. The van der Waals surface area contributed by atoms with Gasteiger partial charge in [0.15, 0.2) is 12.8 Å². The average molecular weight is 862 g/mol. The van der Waals surface area contributed by atoms with E-state index in [-0.39, 0.29) is 52.9 Å². The molecule has 0 bridgehead atoms. The number of aromatic nitrogens is 1. The van der Waals surface area contributed by atoms with Crippen LogP contribution in [0.25, 0.3) is 0 Å². The van der Waals surface area contributed by atoms with E-state index >= 15 is 0 Å². The van der Waals surface area contributed by atoms with Crippen molar-refractivity contribution in [2.45, 2.75) is 117 Å². The largest absolute Gasteiger partial charge is 0.508 e. The summed E-state index contributed by atoms with van der Waals surface area (Å²) in [7, 11) is 1.89. The number of rotatable bonds is 22. The zero-order valence-corrected chi connectivity index (χ0v) is 36.6. The van der Waals surface area contributed by atoms with Crippen molar-refractivity contribution < 1.29 is 48.5 Å². The number of carboxylic acid groups (broad SMARTS) is 1. The molecule has 59 heavy (non-hydrogen) atoms. The van der Waals surface area contributed by atoms with E-state index in [0.29, 0.717) is 19.3 Å². The number of nitrogens with one attached hydrogen (secondary N) is 2. The Hall–Kier alpha value is -4.54. The molecule has 1 aliphatic heterocycles. The number of aliphatic carboxylic acids is 1. The predicted octanol–water partition coefficient (Wildman–Crippen LogP) is 5.46. The van der Waals surface area contributed by atoms with Crippen LogP contribution in [-0.4, -0.2) is 111 Å². The van der Waals surface area contributed by atoms with E-state index in [2.05, 4.69) is 15.6 Å². The Labute approximate surface area is 355 Å². The third kappa shape index (κ3) is 15.2. The van der Waals surface area contributed by atoms with Gasteiger partial charge in [0.2, 0.25) is 11.8 Å². The summed E-state index contributed by atoms with van der Waals surface area (Å²) >= 11 is 6.81. The molecule has 2 heterocycles. The van der Waals surface area contributed by atoms with E-state index < -0.39 is 72.6 Å². The van der Waals surface area contributed by atoms with Gasteiger partial charge in [-0.2, -0.15) is 0 Å². The lowest BCUT2D eigenvalue weighted by molar-refractivity contribution is -0.157. The van der Waals surface area contributed by atoms with E-state index in [1.165, 1.54) is 35.4 Å². The molecule has 4 N–H and O–H groups in total. The van der Waals surface area contributed by atoms with Gasteiger partial charge in [0, 0.05) is 42.8 Å². The first kappa shape index (κ1) is 48.8. The zero-order chi connectivity index (χ0) is 43.8. The van der Waals surface area contributed by atoms with Gasteiger partial charge in [-0.25, -0.2) is 9.78 Å². The molecule has 1 aliphatic rings. The number of carbonyl (C=O) groups is 6. The summed E-state index contributed by atoms with van der Waals surface area (Å²) in [4.78, 5) is 87.0. The fraction of sp³-hybridized carbons (Fsp3) is 0.595. The Balaban J connectivity index is 1.96. The number of esters is 2. The van der Waals surface area contributed by atoms with Gasteiger partial charge in [-0.3, -0.25) is 28.9 Å². The Morgan fingerprint density at radius 3 is 2.36 bits per heavy atom. The molecule has 3 amide bonds. The second-order valence-corrected chi connectivity index (χ2v) is 16.8. The number of alkyl halides is 1. The number of hydrogen-bond acceptors (Lipinski definition) is 12. The molecule has 1 aromatic heterocycles. The molecule has 326 valence electrons. The molecule has 1 aromatic carbocycles. The number of amides is 3. The lowest BCUT2D eigenvalue weighted by Crippen LogP contribution is -2.59. The first-order chi connectivity index (χ1) is 27.9. The number of carbonyl (C=O) groups excluding carboxylic acids is 5. The Kier molecular flexibility index (Phi) is 19.8. The maximum atomic E-state index is 14.8. The molecular formula is C42H60ClN5O10S. The first-order valence-electron chi connectivity index (χ1n) is 20.1. The number of piperidine rings is 1. The minimum Gasteiger partial charge on any atom is -0.508 e. The smallest absolute Gasteiger partial charge is 0.332 e. The number of benzene rings is 1. The van der Waals surface area contributed by atoms with Gasteiger partial charge in [0.1, 0.15) is 22.5 Å². The van der Waals surface area contributed by atoms with Crippen LogP contribution in [0.15, 0.2) is 41.8 Å². The summed E-state index contributed by atoms with van der Waals surface area (Å²) in [6.07, 6.45) is 5.02. The van der Waals surface area contributed by atoms with Gasteiger partial charge in [0.25, 0.3) is 5.91 Å². The van der Waals surface area contributed by atoms with Crippen LogP contribution in [0, 0.1) is 17.8 Å². The quantitative estimate of drug-likeness (QED) is 0.0505. The van der Waals surface area contributed by atoms with Crippen molar-refractivity contribution in [3.8, 4) is 5.75 Å². The van der Waals surface area contributed by atoms with E-state index in [4.69, 9.17) is 21.1 Å². The summed E-state index contributed by atoms with van der Waals surface area (Å²) in [5.74, 6) is -4.91. The minimum atomic E-state index is -1.04. The van der Waals surface area contributed by atoms with Crippen molar-refractivity contribution in [2.75, 3.05) is 26.2 Å². The average Bonchev–Trinajstić information content (AvgIpc) is 3.69. The maximum absolute atomic E-state index is 14.8. The molecule has 2 unspecified atom stereocenters. The monoisotopic (exact) mass is 861 g/mol. The molecule has 0 spiro atoms. The van der Waals surface area contributed by atoms with Gasteiger partial charge in [-0.05, 0) is 68.8 Å². The first-order valence-corrected chi connectivity index (χ1v) is 21.5. The van der Waals surface area contributed by atoms with E-state index in [1.807, 2.05) is 39.6 Å². The number of hydrogen-bond donors (Lipinski definition) is 4. The number of nitrogens with zero attached hydrogens (tertiary/aromatic N) is 3. The van der Waals surface area contributed by atoms with Crippen molar-refractivity contribution in [3.05, 3.63) is 58.1 Å². The van der Waals surface area contributed by atoms with Crippen molar-refractivity contribution in [3.63, 3.8) is 0 Å². The van der Waals surface area contributed by atoms with Gasteiger partial charge in [-0.1, -0.05) is 65.7 Å². The fourth-order valence-electron chi connectivity index (χ4n) is 6.98. The van der Waals surface area contributed by atoms with Gasteiger partial charge < -0.3 is 35.2 Å². The third-order valence-electron chi connectivity index (χ3n) is 10.6. The lowest BCUT2D eigenvalue weighted by atomic mass is 9.92. The molecule has 0 radical (unpaired) electrons. The second-order valence-electron chi connectivity index (χ2n) is 15.6. The number of halogens is 1. The van der Waals surface area contributed by atoms with Crippen LogP contribution >= 0.6 is 22.9 Å². The highest BCUT2D eigenvalue weighted by molar-refractivity contribution is 7.09. The van der Waals surface area contributed by atoms with Crippen LogP contribution in [0.4, 0.5) is 0 Å². The molecule has 2 aromatic rings. The van der Waals surface area contributed by atoms with Crippen molar-refractivity contribution >= 4 is 58.6 Å². The van der Waals surface area contributed by atoms with E-state index in [0.717, 1.165) is 42.4 Å². The highest BCUT2D eigenvalue weighted by Crippen LogP contribution is 2.32. The summed E-state index contributed by atoms with van der Waals surface area (Å²) in [5.41, 5.74) is 0.790. The Bertz CT molecular complexity index is 1750. The molecule has 0 saturated carbocycles. The number of allylic oxidation sites excluding steroid dienone is 1. The Morgan fingerprint density at radius 2 is 1.76 bits per heavy atom. The van der Waals surface area contributed by atoms with Crippen LogP contribution in [0.5, 0.6) is 5.75 Å². The molecule has 3 rings (SSSR count). The van der Waals surface area contributed by atoms with Gasteiger partial charge in [0.05, 0.1) is 12.0 Å². The number of likely N-dealkylation sites (tertiary alicyclic amines) is 1. The van der Waals surface area contributed by atoms with E-state index in [1.54, 1.807) is 19.1 Å². The number of phenols is 1. The van der Waals surface area contributed by atoms with Gasteiger partial charge in [-0.15, -0.1) is 22.9 Å². The second kappa shape index (κ2) is 23.9. The zero-order valence-electron chi connectivity index (χ0n) is 35.0. The van der Waals surface area contributed by atoms with Crippen molar-refractivity contribution in [1.82, 2.24) is 25.4 Å². The number of carboxylic acids is 1. The van der Waals surface area contributed by atoms with Crippen LogP contribution < -0.4 is 10.6 Å². The van der Waals surface area contributed by atoms with Gasteiger partial charge >= 0.3 is 17.9 Å². The Morgan fingerprint density at radius 1 is 1.07 bits per heavy atom. The molecular weight excluding hydrogens is 802 g/mol. The number of likely N-dealkylation sites (N-methyl/N-ethyl adjacent to an activating group) is 1. The van der Waals surface area contributed by atoms with Crippen molar-refractivity contribution in [1.29, 1.82) is 0 Å². The summed E-state index contributed by atoms with van der Waals surface area (Å²) in [6.45, 7) is 10.6. The summed E-state index contributed by atoms with van der Waals surface area (Å²) in [5, 5.41) is 27.0. The maximum Gasteiger partial charge on any atom is 0.332 e. The van der Waals surface area contributed by atoms with Crippen LogP contribution in [0.1, 0.15) is 107 Å². The number of phenolic OH excluding ortho intramolecular Hbond substituents is 1. The van der Waals surface area contributed by atoms with Crippen LogP contribution in [0.3, 0.4) is 0 Å². The topological polar surface area (TPSA) is 205 Å². The normalized spacial score (nSPS) is 17.6. The molecule has 1 saturated heterocycles. The summed E-state index contributed by atoms with van der Waals surface area (Å²) in [6, 6.07) is 3.70. The number of thiazole rings is 1. The van der Waals surface area contributed by atoms with Crippen LogP contribution in [0.2, 0.25) is 0 Å². The summed E-state index contributed by atoms with van der Waals surface area (Å²) < 4.78 is 11.4. The molecule has 1 fully saturated rings. The van der Waals surface area contributed by atoms with Crippen LogP contribution in [-0.2, 0) is 39.9 Å². The standard InChI is InChI=1S/C42H60ClN5O10S/c1-8-26(4)37(46-39(53)33-12-9-10-19-47(33)7)41(54)48(24-57-36(51)13-11-18-43)34(25(2)3)22-35(58-28(6)49)40-45-32(23-59-40)38(52)44-30(20-27(5)42(55)56)21-29-14-16-31(50)17-15-29/h11,13-17,23,25-27,30,33-35,37,50H,8-10,12,18-22,24H2,1-7H3,(H,44,52)(H,46,53)(H,55,56)/b13-11+/t26?,27-,30+,33+,34+,35+,37?/m0/s1. The molecule has 7 atom stereocenters.